The third kappa shape index (κ3) is 4.57. The fraction of sp³-hybridized carbons (Fsp3) is 1.00. The molecule has 0 spiro atoms. The minimum atomic E-state index is 0.336. The summed E-state index contributed by atoms with van der Waals surface area (Å²) < 4.78 is 11.0. The van der Waals surface area contributed by atoms with Crippen LogP contribution in [0.2, 0.25) is 0 Å². The molecular weight excluding hydrogens is 214 g/mol. The second-order valence-corrected chi connectivity index (χ2v) is 6.06. The van der Waals surface area contributed by atoms with E-state index in [0.717, 1.165) is 44.7 Å². The largest absolute Gasteiger partial charge is 0.383 e. The molecule has 2 fully saturated rings. The molecule has 0 saturated heterocycles. The standard InChI is InChI=1S/C14H27NO2/c1-14(13-5-6-13,10-15-7-8-16-2)11-17-9-12-3-4-12/h12-13,15H,3-11H2,1-2H3. The molecule has 0 aromatic heterocycles. The predicted molar refractivity (Wildman–Crippen MR) is 69.1 cm³/mol. The van der Waals surface area contributed by atoms with Crippen LogP contribution in [0.15, 0.2) is 0 Å². The first-order valence-corrected chi connectivity index (χ1v) is 7.02. The van der Waals surface area contributed by atoms with Crippen LogP contribution in [-0.4, -0.2) is 40.0 Å². The molecule has 0 aliphatic heterocycles. The molecule has 1 N–H and O–H groups in total. The SMILES string of the molecule is COCCNCC(C)(COCC1CC1)C1CC1. The molecule has 2 saturated carbocycles. The summed E-state index contributed by atoms with van der Waals surface area (Å²) in [6.07, 6.45) is 5.53. The topological polar surface area (TPSA) is 30.5 Å². The van der Waals surface area contributed by atoms with Gasteiger partial charge in [0, 0.05) is 32.2 Å². The maximum atomic E-state index is 5.91. The highest BCUT2D eigenvalue weighted by atomic mass is 16.5. The monoisotopic (exact) mass is 241 g/mol. The predicted octanol–water partition coefficient (Wildman–Crippen LogP) is 2.07. The van der Waals surface area contributed by atoms with Crippen molar-refractivity contribution in [3.05, 3.63) is 0 Å². The molecule has 0 heterocycles. The van der Waals surface area contributed by atoms with Gasteiger partial charge in [0.1, 0.15) is 0 Å². The van der Waals surface area contributed by atoms with E-state index in [1.54, 1.807) is 7.11 Å². The molecule has 3 nitrogen and oxygen atoms in total. The van der Waals surface area contributed by atoms with Gasteiger partial charge in [-0.25, -0.2) is 0 Å². The molecule has 3 heteroatoms. The molecule has 2 rings (SSSR count). The quantitative estimate of drug-likeness (QED) is 0.594. The molecule has 0 aromatic rings. The summed E-state index contributed by atoms with van der Waals surface area (Å²) in [4.78, 5) is 0. The lowest BCUT2D eigenvalue weighted by Crippen LogP contribution is -2.39. The van der Waals surface area contributed by atoms with Crippen molar-refractivity contribution in [2.75, 3.05) is 40.0 Å². The zero-order chi connectivity index (χ0) is 12.1. The van der Waals surface area contributed by atoms with Crippen molar-refractivity contribution in [3.63, 3.8) is 0 Å². The third-order valence-corrected chi connectivity index (χ3v) is 4.06. The Morgan fingerprint density at radius 3 is 2.59 bits per heavy atom. The Bertz CT molecular complexity index is 226. The van der Waals surface area contributed by atoms with Gasteiger partial charge in [-0.15, -0.1) is 0 Å². The van der Waals surface area contributed by atoms with Crippen LogP contribution in [-0.2, 0) is 9.47 Å². The van der Waals surface area contributed by atoms with Crippen molar-refractivity contribution in [2.24, 2.45) is 17.3 Å². The highest BCUT2D eigenvalue weighted by molar-refractivity contribution is 4.92. The van der Waals surface area contributed by atoms with Gasteiger partial charge in [-0.2, -0.15) is 0 Å². The van der Waals surface area contributed by atoms with Gasteiger partial charge in [0.15, 0.2) is 0 Å². The molecular formula is C14H27NO2. The summed E-state index contributed by atoms with van der Waals surface area (Å²) in [5, 5.41) is 3.50. The number of nitrogens with one attached hydrogen (secondary N) is 1. The van der Waals surface area contributed by atoms with Crippen molar-refractivity contribution in [3.8, 4) is 0 Å². The van der Waals surface area contributed by atoms with Crippen molar-refractivity contribution in [2.45, 2.75) is 32.6 Å². The summed E-state index contributed by atoms with van der Waals surface area (Å²) in [7, 11) is 1.75. The van der Waals surface area contributed by atoms with E-state index in [1.807, 2.05) is 0 Å². The number of rotatable bonds is 10. The number of hydrogen-bond donors (Lipinski definition) is 1. The van der Waals surface area contributed by atoms with Crippen LogP contribution in [0, 0.1) is 17.3 Å². The lowest BCUT2D eigenvalue weighted by molar-refractivity contribution is 0.0339. The Hall–Kier alpha value is -0.120. The molecule has 2 aliphatic rings. The van der Waals surface area contributed by atoms with Crippen molar-refractivity contribution < 1.29 is 9.47 Å². The van der Waals surface area contributed by atoms with Gasteiger partial charge in [0.25, 0.3) is 0 Å². The third-order valence-electron chi connectivity index (χ3n) is 4.06. The highest BCUT2D eigenvalue weighted by Gasteiger charge is 2.41. The number of hydrogen-bond acceptors (Lipinski definition) is 3. The van der Waals surface area contributed by atoms with Gasteiger partial charge in [-0.1, -0.05) is 6.92 Å². The van der Waals surface area contributed by atoms with E-state index in [0.29, 0.717) is 5.41 Å². The van der Waals surface area contributed by atoms with Crippen LogP contribution in [0.4, 0.5) is 0 Å². The van der Waals surface area contributed by atoms with Gasteiger partial charge in [0.2, 0.25) is 0 Å². The Morgan fingerprint density at radius 2 is 2.00 bits per heavy atom. The molecule has 1 atom stereocenters. The van der Waals surface area contributed by atoms with E-state index in [9.17, 15) is 0 Å². The molecule has 0 radical (unpaired) electrons. The van der Waals surface area contributed by atoms with Crippen LogP contribution in [0.1, 0.15) is 32.6 Å². The fourth-order valence-corrected chi connectivity index (χ4v) is 2.38. The van der Waals surface area contributed by atoms with E-state index in [4.69, 9.17) is 9.47 Å². The molecule has 2 aliphatic carbocycles. The molecule has 1 unspecified atom stereocenters. The van der Waals surface area contributed by atoms with Gasteiger partial charge in [-0.05, 0) is 37.5 Å². The van der Waals surface area contributed by atoms with Crippen molar-refractivity contribution in [1.29, 1.82) is 0 Å². The first-order chi connectivity index (χ1) is 8.24. The highest BCUT2D eigenvalue weighted by Crippen LogP contribution is 2.45. The van der Waals surface area contributed by atoms with Gasteiger partial charge in [-0.3, -0.25) is 0 Å². The Balaban J connectivity index is 1.64. The average molecular weight is 241 g/mol. The summed E-state index contributed by atoms with van der Waals surface area (Å²) in [6, 6.07) is 0. The summed E-state index contributed by atoms with van der Waals surface area (Å²) >= 11 is 0. The first-order valence-electron chi connectivity index (χ1n) is 7.02. The van der Waals surface area contributed by atoms with Gasteiger partial charge < -0.3 is 14.8 Å². The molecule has 0 bridgehead atoms. The molecule has 17 heavy (non-hydrogen) atoms. The van der Waals surface area contributed by atoms with Crippen LogP contribution in [0.25, 0.3) is 0 Å². The minimum Gasteiger partial charge on any atom is -0.383 e. The van der Waals surface area contributed by atoms with E-state index >= 15 is 0 Å². The lowest BCUT2D eigenvalue weighted by Gasteiger charge is -2.30. The van der Waals surface area contributed by atoms with E-state index < -0.39 is 0 Å². The maximum Gasteiger partial charge on any atom is 0.0587 e. The normalized spacial score (nSPS) is 23.6. The van der Waals surface area contributed by atoms with E-state index in [-0.39, 0.29) is 0 Å². The maximum absolute atomic E-state index is 5.91. The minimum absolute atomic E-state index is 0.336. The smallest absolute Gasteiger partial charge is 0.0587 e. The number of ether oxygens (including phenoxy) is 2. The van der Waals surface area contributed by atoms with Crippen molar-refractivity contribution >= 4 is 0 Å². The van der Waals surface area contributed by atoms with Gasteiger partial charge >= 0.3 is 0 Å². The molecule has 0 aromatic carbocycles. The van der Waals surface area contributed by atoms with Crippen LogP contribution in [0.3, 0.4) is 0 Å². The van der Waals surface area contributed by atoms with E-state index in [2.05, 4.69) is 12.2 Å². The second kappa shape index (κ2) is 6.17. The molecule has 100 valence electrons. The zero-order valence-electron chi connectivity index (χ0n) is 11.3. The first kappa shape index (κ1) is 13.3. The Labute approximate surface area is 105 Å². The van der Waals surface area contributed by atoms with Gasteiger partial charge in [0.05, 0.1) is 13.2 Å². The van der Waals surface area contributed by atoms with Crippen LogP contribution in [0.5, 0.6) is 0 Å². The Kier molecular flexibility index (Phi) is 4.83. The Morgan fingerprint density at radius 1 is 1.24 bits per heavy atom. The lowest BCUT2D eigenvalue weighted by atomic mass is 9.85. The fourth-order valence-electron chi connectivity index (χ4n) is 2.38. The second-order valence-electron chi connectivity index (χ2n) is 6.06. The summed E-state index contributed by atoms with van der Waals surface area (Å²) in [5.74, 6) is 1.75. The summed E-state index contributed by atoms with van der Waals surface area (Å²) in [6.45, 7) is 7.09. The molecule has 0 amide bonds. The van der Waals surface area contributed by atoms with Crippen LogP contribution < -0.4 is 5.32 Å². The van der Waals surface area contributed by atoms with Crippen LogP contribution >= 0.6 is 0 Å². The van der Waals surface area contributed by atoms with E-state index in [1.165, 1.54) is 25.7 Å². The number of methoxy groups -OCH3 is 1. The van der Waals surface area contributed by atoms with Crippen molar-refractivity contribution in [1.82, 2.24) is 5.32 Å². The zero-order valence-corrected chi connectivity index (χ0v) is 11.3. The summed E-state index contributed by atoms with van der Waals surface area (Å²) in [5.41, 5.74) is 0.336. The average Bonchev–Trinajstić information content (AvgIpc) is 3.17.